The fourth-order valence-corrected chi connectivity index (χ4v) is 7.40. The lowest BCUT2D eigenvalue weighted by molar-refractivity contribution is 0.657. The van der Waals surface area contributed by atoms with Crippen molar-refractivity contribution in [3.8, 4) is 22.3 Å². The number of amidine groups is 2. The van der Waals surface area contributed by atoms with E-state index in [2.05, 4.69) is 128 Å². The maximum absolute atomic E-state index is 6.28. The lowest BCUT2D eigenvalue weighted by atomic mass is 9.80. The van der Waals surface area contributed by atoms with Gasteiger partial charge < -0.3 is 9.73 Å². The average Bonchev–Trinajstić information content (AvgIpc) is 3.61. The molecule has 1 aliphatic heterocycles. The van der Waals surface area contributed by atoms with Crippen LogP contribution in [-0.4, -0.2) is 11.7 Å². The summed E-state index contributed by atoms with van der Waals surface area (Å²) in [5.41, 5.74) is 12.1. The van der Waals surface area contributed by atoms with Crippen molar-refractivity contribution < 1.29 is 4.42 Å². The Bertz CT molecular complexity index is 2380. The minimum absolute atomic E-state index is 0.190. The summed E-state index contributed by atoms with van der Waals surface area (Å²) in [7, 11) is 0. The second-order valence-corrected chi connectivity index (χ2v) is 12.6. The van der Waals surface area contributed by atoms with E-state index in [1.807, 2.05) is 30.3 Å². The third-order valence-electron chi connectivity index (χ3n) is 9.52. The molecule has 220 valence electrons. The molecule has 46 heavy (non-hydrogen) atoms. The number of hydrogen-bond acceptors (Lipinski definition) is 4. The molecular weight excluding hydrogens is 562 g/mol. The van der Waals surface area contributed by atoms with Crippen molar-refractivity contribution in [1.82, 2.24) is 5.32 Å². The molecule has 4 nitrogen and oxygen atoms in total. The summed E-state index contributed by atoms with van der Waals surface area (Å²) in [6, 6.07) is 48.8. The van der Waals surface area contributed by atoms with Crippen molar-refractivity contribution >= 4 is 33.6 Å². The van der Waals surface area contributed by atoms with Gasteiger partial charge in [-0.3, -0.25) is 0 Å². The van der Waals surface area contributed by atoms with Crippen molar-refractivity contribution in [3.63, 3.8) is 0 Å². The van der Waals surface area contributed by atoms with Crippen LogP contribution in [0.25, 0.3) is 44.2 Å². The molecule has 1 aliphatic carbocycles. The van der Waals surface area contributed by atoms with E-state index in [-0.39, 0.29) is 5.41 Å². The van der Waals surface area contributed by atoms with Crippen LogP contribution in [0, 0.1) is 0 Å². The lowest BCUT2D eigenvalue weighted by Crippen LogP contribution is -2.37. The highest BCUT2D eigenvalue weighted by molar-refractivity contribution is 6.24. The van der Waals surface area contributed by atoms with Gasteiger partial charge in [-0.05, 0) is 57.1 Å². The van der Waals surface area contributed by atoms with Crippen LogP contribution in [0.2, 0.25) is 0 Å². The van der Waals surface area contributed by atoms with E-state index in [9.17, 15) is 0 Å². The summed E-state index contributed by atoms with van der Waals surface area (Å²) in [5, 5.41) is 5.85. The standard InChI is InChI=1S/C42H31N3O/c1-42(2)34-22-8-6-17-29(34)30-19-11-21-33(38(30)42)41-44-39(28-16-10-15-27(25-28)26-13-4-3-5-14-26)43-40(45-41)32-20-12-24-36-37(32)31-18-7-9-23-35(31)46-36/h3-25,39H,1-2H3,(H,43,44,45). The van der Waals surface area contributed by atoms with Crippen LogP contribution in [0.3, 0.4) is 0 Å². The van der Waals surface area contributed by atoms with Gasteiger partial charge in [0.15, 0.2) is 6.17 Å². The molecule has 0 radical (unpaired) electrons. The monoisotopic (exact) mass is 593 g/mol. The first kappa shape index (κ1) is 26.6. The van der Waals surface area contributed by atoms with E-state index in [1.54, 1.807) is 0 Å². The van der Waals surface area contributed by atoms with E-state index < -0.39 is 6.17 Å². The highest BCUT2D eigenvalue weighted by Crippen LogP contribution is 2.50. The molecule has 1 unspecified atom stereocenters. The fraction of sp³-hybridized carbons (Fsp3) is 0.0952. The number of rotatable bonds is 4. The minimum atomic E-state index is -0.439. The van der Waals surface area contributed by atoms with Crippen LogP contribution in [0.5, 0.6) is 0 Å². The van der Waals surface area contributed by atoms with Crippen molar-refractivity contribution in [2.24, 2.45) is 9.98 Å². The third-order valence-corrected chi connectivity index (χ3v) is 9.52. The van der Waals surface area contributed by atoms with E-state index in [1.165, 1.54) is 27.8 Å². The molecule has 4 heteroatoms. The number of aliphatic imine (C=N–C) groups is 2. The lowest BCUT2D eigenvalue weighted by Gasteiger charge is -2.28. The Kier molecular flexibility index (Phi) is 5.88. The Hall–Kier alpha value is -5.74. The molecule has 6 aromatic carbocycles. The largest absolute Gasteiger partial charge is 0.456 e. The zero-order valence-electron chi connectivity index (χ0n) is 25.7. The summed E-state index contributed by atoms with van der Waals surface area (Å²) in [6.07, 6.45) is -0.439. The molecule has 0 fully saturated rings. The Balaban J connectivity index is 1.25. The van der Waals surface area contributed by atoms with Gasteiger partial charge in [0.25, 0.3) is 0 Å². The molecule has 2 aliphatic rings. The second kappa shape index (κ2) is 10.1. The van der Waals surface area contributed by atoms with Crippen molar-refractivity contribution in [3.05, 3.63) is 167 Å². The zero-order valence-corrected chi connectivity index (χ0v) is 25.7. The van der Waals surface area contributed by atoms with Gasteiger partial charge in [-0.15, -0.1) is 0 Å². The van der Waals surface area contributed by atoms with Crippen LogP contribution < -0.4 is 5.32 Å². The molecule has 0 amide bonds. The fourth-order valence-electron chi connectivity index (χ4n) is 7.40. The van der Waals surface area contributed by atoms with Gasteiger partial charge in [0.05, 0.1) is 0 Å². The molecule has 7 aromatic rings. The van der Waals surface area contributed by atoms with E-state index >= 15 is 0 Å². The van der Waals surface area contributed by atoms with E-state index in [0.29, 0.717) is 0 Å². The third kappa shape index (κ3) is 4.07. The molecule has 9 rings (SSSR count). The molecule has 0 bridgehead atoms. The summed E-state index contributed by atoms with van der Waals surface area (Å²) in [6.45, 7) is 4.64. The highest BCUT2D eigenvalue weighted by Gasteiger charge is 2.38. The van der Waals surface area contributed by atoms with Gasteiger partial charge in [0.1, 0.15) is 22.8 Å². The van der Waals surface area contributed by atoms with Gasteiger partial charge in [0, 0.05) is 27.3 Å². The number of furan rings is 1. The SMILES string of the molecule is CC1(C)c2ccccc2-c2cccc(C3=NC(c4cccc(-c5ccccc5)c4)N=C(c4cccc5oc6ccccc6c45)N3)c21. The quantitative estimate of drug-likeness (QED) is 0.221. The first-order valence-electron chi connectivity index (χ1n) is 15.8. The maximum atomic E-state index is 6.28. The molecule has 1 N–H and O–H groups in total. The topological polar surface area (TPSA) is 49.9 Å². The molecule has 1 aromatic heterocycles. The average molecular weight is 594 g/mol. The Morgan fingerprint density at radius 2 is 1.20 bits per heavy atom. The molecule has 0 saturated heterocycles. The molecule has 2 heterocycles. The summed E-state index contributed by atoms with van der Waals surface area (Å²) in [4.78, 5) is 10.7. The predicted molar refractivity (Wildman–Crippen MR) is 189 cm³/mol. The number of nitrogens with zero attached hydrogens (tertiary/aromatic N) is 2. The minimum Gasteiger partial charge on any atom is -0.456 e. The smallest absolute Gasteiger partial charge is 0.169 e. The van der Waals surface area contributed by atoms with Crippen LogP contribution in [0.4, 0.5) is 0 Å². The Morgan fingerprint density at radius 1 is 0.565 bits per heavy atom. The second-order valence-electron chi connectivity index (χ2n) is 12.6. The van der Waals surface area contributed by atoms with E-state index in [0.717, 1.165) is 55.9 Å². The van der Waals surface area contributed by atoms with Gasteiger partial charge in [-0.1, -0.05) is 135 Å². The first-order valence-corrected chi connectivity index (χ1v) is 15.8. The molecular formula is C42H31N3O. The van der Waals surface area contributed by atoms with Crippen molar-refractivity contribution in [2.75, 3.05) is 0 Å². The normalized spacial score (nSPS) is 16.4. The van der Waals surface area contributed by atoms with Crippen LogP contribution in [0.1, 0.15) is 47.8 Å². The Morgan fingerprint density at radius 3 is 2.09 bits per heavy atom. The highest BCUT2D eigenvalue weighted by atomic mass is 16.3. The molecule has 0 saturated carbocycles. The van der Waals surface area contributed by atoms with Gasteiger partial charge in [-0.25, -0.2) is 9.98 Å². The van der Waals surface area contributed by atoms with Crippen LogP contribution in [-0.2, 0) is 5.41 Å². The van der Waals surface area contributed by atoms with Crippen molar-refractivity contribution in [1.29, 1.82) is 0 Å². The van der Waals surface area contributed by atoms with Gasteiger partial charge >= 0.3 is 0 Å². The number of nitrogens with one attached hydrogen (secondary N) is 1. The number of benzene rings is 6. The van der Waals surface area contributed by atoms with Gasteiger partial charge in [-0.2, -0.15) is 0 Å². The van der Waals surface area contributed by atoms with E-state index in [4.69, 9.17) is 14.4 Å². The summed E-state index contributed by atoms with van der Waals surface area (Å²) >= 11 is 0. The maximum Gasteiger partial charge on any atom is 0.169 e. The molecule has 1 atom stereocenters. The first-order chi connectivity index (χ1) is 22.6. The number of fused-ring (bicyclic) bond motifs is 6. The van der Waals surface area contributed by atoms with Crippen molar-refractivity contribution in [2.45, 2.75) is 25.4 Å². The van der Waals surface area contributed by atoms with Gasteiger partial charge in [0.2, 0.25) is 0 Å². The predicted octanol–water partition coefficient (Wildman–Crippen LogP) is 10.1. The van der Waals surface area contributed by atoms with Crippen LogP contribution >= 0.6 is 0 Å². The van der Waals surface area contributed by atoms with Crippen LogP contribution in [0.15, 0.2) is 154 Å². The Labute approximate surface area is 267 Å². The summed E-state index contributed by atoms with van der Waals surface area (Å²) < 4.78 is 6.28. The number of hydrogen-bond donors (Lipinski definition) is 1. The molecule has 0 spiro atoms. The summed E-state index contributed by atoms with van der Waals surface area (Å²) in [5.74, 6) is 1.60. The zero-order chi connectivity index (χ0) is 30.8. The number of para-hydroxylation sites is 1.